The predicted molar refractivity (Wildman–Crippen MR) is 77.1 cm³/mol. The van der Waals surface area contributed by atoms with Crippen LogP contribution >= 0.6 is 0 Å². The zero-order valence-corrected chi connectivity index (χ0v) is 11.0. The summed E-state index contributed by atoms with van der Waals surface area (Å²) in [6.45, 7) is 0. The van der Waals surface area contributed by atoms with E-state index >= 15 is 0 Å². The van der Waals surface area contributed by atoms with Gasteiger partial charge in [-0.3, -0.25) is 0 Å². The maximum Gasteiger partial charge on any atom is 0.348 e. The molecule has 0 aliphatic rings. The van der Waals surface area contributed by atoms with Crippen LogP contribution in [-0.2, 0) is 0 Å². The van der Waals surface area contributed by atoms with Crippen molar-refractivity contribution in [3.05, 3.63) is 52.6 Å². The van der Waals surface area contributed by atoms with Gasteiger partial charge in [-0.15, -0.1) is 0 Å². The minimum atomic E-state index is -1.18. The van der Waals surface area contributed by atoms with Crippen molar-refractivity contribution in [2.24, 2.45) is 0 Å². The van der Waals surface area contributed by atoms with Crippen molar-refractivity contribution < 1.29 is 8.78 Å². The van der Waals surface area contributed by atoms with Crippen molar-refractivity contribution >= 4 is 19.1 Å². The highest BCUT2D eigenvalue weighted by molar-refractivity contribution is 6.32. The number of pyridine rings is 1. The monoisotopic (exact) mass is 299 g/mol. The molecule has 3 rings (SSSR count). The maximum absolute atomic E-state index is 14.0. The highest BCUT2D eigenvalue weighted by Crippen LogP contribution is 2.24. The summed E-state index contributed by atoms with van der Waals surface area (Å²) in [6, 6.07) is 4.90. The molecule has 0 spiro atoms. The molecular weight excluding hydrogens is 291 g/mol. The number of rotatable bonds is 2. The smallest absolute Gasteiger partial charge is 0.348 e. The van der Waals surface area contributed by atoms with E-state index in [1.54, 1.807) is 0 Å². The summed E-state index contributed by atoms with van der Waals surface area (Å²) in [7, 11) is 5.64. The second-order valence-corrected chi connectivity index (χ2v) is 4.46. The molecule has 0 aliphatic heterocycles. The van der Waals surface area contributed by atoms with Crippen LogP contribution < -0.4 is 16.9 Å². The molecule has 1 aromatic carbocycles. The third kappa shape index (κ3) is 2.16. The molecule has 3 N–H and O–H groups in total. The Hall–Kier alpha value is -2.97. The summed E-state index contributed by atoms with van der Waals surface area (Å²) in [5.41, 5.74) is 5.20. The van der Waals surface area contributed by atoms with Gasteiger partial charge in [-0.1, -0.05) is 17.6 Å². The minimum Gasteiger partial charge on any atom is -0.383 e. The van der Waals surface area contributed by atoms with Crippen LogP contribution in [0.2, 0.25) is 0 Å². The number of nitrogens with two attached hydrogens (primary N) is 1. The van der Waals surface area contributed by atoms with Gasteiger partial charge in [0.15, 0.2) is 17.5 Å². The van der Waals surface area contributed by atoms with E-state index in [2.05, 4.69) is 15.2 Å². The zero-order valence-electron chi connectivity index (χ0n) is 11.0. The maximum atomic E-state index is 14.0. The Morgan fingerprint density at radius 3 is 2.86 bits per heavy atom. The van der Waals surface area contributed by atoms with Crippen molar-refractivity contribution in [1.82, 2.24) is 19.7 Å². The normalized spacial score (nSPS) is 10.8. The molecule has 2 heterocycles. The number of anilines is 1. The van der Waals surface area contributed by atoms with Crippen molar-refractivity contribution in [2.45, 2.75) is 0 Å². The van der Waals surface area contributed by atoms with E-state index in [0.717, 1.165) is 10.6 Å². The number of aromatic nitrogens is 4. The quantitative estimate of drug-likeness (QED) is 0.665. The molecule has 0 atom stereocenters. The number of aromatic amines is 1. The summed E-state index contributed by atoms with van der Waals surface area (Å²) >= 11 is 0. The fraction of sp³-hybridized carbons (Fsp3) is 0. The molecule has 22 heavy (non-hydrogen) atoms. The summed E-state index contributed by atoms with van der Waals surface area (Å²) < 4.78 is 28.2. The molecule has 0 saturated heterocycles. The first-order chi connectivity index (χ1) is 10.5. The molecule has 108 valence electrons. The molecule has 0 amide bonds. The summed E-state index contributed by atoms with van der Waals surface area (Å²) in [6.07, 6.45) is 1.33. The minimum absolute atomic E-state index is 0.0215. The molecule has 3 aromatic rings. The van der Waals surface area contributed by atoms with E-state index < -0.39 is 17.3 Å². The fourth-order valence-corrected chi connectivity index (χ4v) is 2.04. The Kier molecular flexibility index (Phi) is 3.24. The number of halogens is 2. The van der Waals surface area contributed by atoms with Crippen molar-refractivity contribution in [3.63, 3.8) is 0 Å². The molecule has 2 radical (unpaired) electrons. The van der Waals surface area contributed by atoms with Gasteiger partial charge in [0.2, 0.25) is 0 Å². The van der Waals surface area contributed by atoms with E-state index in [-0.39, 0.29) is 28.4 Å². The van der Waals surface area contributed by atoms with E-state index in [0.29, 0.717) is 0 Å². The van der Waals surface area contributed by atoms with Gasteiger partial charge in [0.25, 0.3) is 0 Å². The number of nitrogen functional groups attached to an aromatic ring is 1. The fourth-order valence-electron chi connectivity index (χ4n) is 2.04. The van der Waals surface area contributed by atoms with Crippen LogP contribution in [0.1, 0.15) is 0 Å². The molecule has 0 unspecified atom stereocenters. The van der Waals surface area contributed by atoms with Crippen molar-refractivity contribution in [1.29, 1.82) is 0 Å². The van der Waals surface area contributed by atoms with Crippen molar-refractivity contribution in [2.75, 3.05) is 5.73 Å². The molecule has 0 aliphatic carbocycles. The zero-order chi connectivity index (χ0) is 15.9. The average Bonchev–Trinajstić information content (AvgIpc) is 2.86. The first kappa shape index (κ1) is 14.0. The topological polar surface area (TPSA) is 89.6 Å². The van der Waals surface area contributed by atoms with Gasteiger partial charge in [-0.05, 0) is 12.1 Å². The van der Waals surface area contributed by atoms with Gasteiger partial charge in [-0.25, -0.2) is 28.2 Å². The number of nitrogens with zero attached hydrogens (tertiary/aromatic N) is 3. The lowest BCUT2D eigenvalue weighted by Crippen LogP contribution is -2.18. The molecule has 6 nitrogen and oxygen atoms in total. The van der Waals surface area contributed by atoms with Gasteiger partial charge in [0.1, 0.15) is 13.7 Å². The standard InChI is InChI=1S/C13H8BF2N5O/c14-6-4-7(11(17)18-5-6)12-19-20-13(22)21(12)9-3-1-2-8(15)10(9)16/h1-5H,(H2,17,18)(H,20,22). The predicted octanol–water partition coefficient (Wildman–Crippen LogP) is 0.277. The van der Waals surface area contributed by atoms with Crippen molar-refractivity contribution in [3.8, 4) is 17.1 Å². The van der Waals surface area contributed by atoms with Gasteiger partial charge in [0, 0.05) is 6.20 Å². The number of hydrogen-bond acceptors (Lipinski definition) is 4. The Balaban J connectivity index is 2.31. The Morgan fingerprint density at radius 1 is 1.32 bits per heavy atom. The highest BCUT2D eigenvalue weighted by Gasteiger charge is 2.19. The SMILES string of the molecule is [B]c1cnc(N)c(-c2n[nH]c(=O)n2-c2cccc(F)c2F)c1. The van der Waals surface area contributed by atoms with Crippen LogP contribution in [-0.4, -0.2) is 27.6 Å². The lowest BCUT2D eigenvalue weighted by atomic mass is 9.96. The first-order valence-electron chi connectivity index (χ1n) is 6.12. The molecule has 0 fully saturated rings. The average molecular weight is 299 g/mol. The van der Waals surface area contributed by atoms with Crippen LogP contribution in [0, 0.1) is 11.6 Å². The number of hydrogen-bond donors (Lipinski definition) is 2. The van der Waals surface area contributed by atoms with Crippen LogP contribution in [0.3, 0.4) is 0 Å². The summed E-state index contributed by atoms with van der Waals surface area (Å²) in [4.78, 5) is 15.8. The van der Waals surface area contributed by atoms with Crippen LogP contribution in [0.25, 0.3) is 17.1 Å². The van der Waals surface area contributed by atoms with Crippen LogP contribution in [0.4, 0.5) is 14.6 Å². The molecule has 0 bridgehead atoms. The molecule has 0 saturated carbocycles. The van der Waals surface area contributed by atoms with Crippen LogP contribution in [0.5, 0.6) is 0 Å². The van der Waals surface area contributed by atoms with Gasteiger partial charge in [-0.2, -0.15) is 5.10 Å². The molecule has 2 aromatic heterocycles. The molecule has 9 heteroatoms. The first-order valence-corrected chi connectivity index (χ1v) is 6.12. The largest absolute Gasteiger partial charge is 0.383 e. The van der Waals surface area contributed by atoms with E-state index in [1.165, 1.54) is 24.4 Å². The number of H-pyrrole nitrogens is 1. The number of nitrogens with one attached hydrogen (secondary N) is 1. The third-order valence-electron chi connectivity index (χ3n) is 3.03. The lowest BCUT2D eigenvalue weighted by Gasteiger charge is -2.09. The Bertz CT molecular complexity index is 921. The third-order valence-corrected chi connectivity index (χ3v) is 3.03. The number of benzene rings is 1. The second-order valence-electron chi connectivity index (χ2n) is 4.46. The van der Waals surface area contributed by atoms with Gasteiger partial charge < -0.3 is 5.73 Å². The molecular formula is C13H8BF2N5O. The van der Waals surface area contributed by atoms with E-state index in [1.807, 2.05) is 0 Å². The second kappa shape index (κ2) is 5.10. The lowest BCUT2D eigenvalue weighted by molar-refractivity contribution is 0.504. The summed E-state index contributed by atoms with van der Waals surface area (Å²) in [5, 5.41) is 5.97. The Labute approximate surface area is 124 Å². The van der Waals surface area contributed by atoms with E-state index in [9.17, 15) is 13.6 Å². The van der Waals surface area contributed by atoms with E-state index in [4.69, 9.17) is 13.6 Å². The van der Waals surface area contributed by atoms with Crippen LogP contribution in [0.15, 0.2) is 35.3 Å². The van der Waals surface area contributed by atoms with Gasteiger partial charge >= 0.3 is 5.69 Å². The Morgan fingerprint density at radius 2 is 2.09 bits per heavy atom. The van der Waals surface area contributed by atoms with Gasteiger partial charge in [0.05, 0.1) is 11.3 Å². The summed E-state index contributed by atoms with van der Waals surface area (Å²) in [5.74, 6) is -2.24. The highest BCUT2D eigenvalue weighted by atomic mass is 19.2.